The Bertz CT molecular complexity index is 827. The van der Waals surface area contributed by atoms with E-state index < -0.39 is 0 Å². The van der Waals surface area contributed by atoms with E-state index in [9.17, 15) is 4.79 Å². The lowest BCUT2D eigenvalue weighted by atomic mass is 10.4. The molecule has 0 radical (unpaired) electrons. The lowest BCUT2D eigenvalue weighted by molar-refractivity contribution is -0.117. The maximum Gasteiger partial charge on any atom is 0.240 e. The van der Waals surface area contributed by atoms with Gasteiger partial charge in [0.1, 0.15) is 10.7 Å². The molecule has 0 aliphatic carbocycles. The predicted molar refractivity (Wildman–Crippen MR) is 94.1 cm³/mol. The van der Waals surface area contributed by atoms with Crippen LogP contribution in [0, 0.1) is 0 Å². The highest BCUT2D eigenvalue weighted by molar-refractivity contribution is 7.15. The summed E-state index contributed by atoms with van der Waals surface area (Å²) in [4.78, 5) is 18.4. The summed E-state index contributed by atoms with van der Waals surface area (Å²) in [6, 6.07) is 5.88. The molecule has 8 heteroatoms. The second-order valence-electron chi connectivity index (χ2n) is 5.65. The Kier molecular flexibility index (Phi) is 5.17. The molecule has 3 aromatic rings. The highest BCUT2D eigenvalue weighted by atomic mass is 32.1. The zero-order valence-corrected chi connectivity index (χ0v) is 14.6. The first kappa shape index (κ1) is 16.5. The van der Waals surface area contributed by atoms with E-state index in [1.807, 2.05) is 46.9 Å². The molecule has 24 heavy (non-hydrogen) atoms. The molecular formula is C16H20N6OS. The minimum Gasteiger partial charge on any atom is -0.303 e. The number of anilines is 1. The topological polar surface area (TPSA) is 75.4 Å². The van der Waals surface area contributed by atoms with Crippen LogP contribution in [0.15, 0.2) is 30.6 Å². The van der Waals surface area contributed by atoms with Crippen LogP contribution in [0.1, 0.15) is 24.0 Å². The van der Waals surface area contributed by atoms with Crippen LogP contribution in [0.5, 0.6) is 0 Å². The molecule has 0 aromatic carbocycles. The molecule has 0 atom stereocenters. The number of carbonyl (C=O) groups is 1. The van der Waals surface area contributed by atoms with Crippen molar-refractivity contribution in [2.75, 3.05) is 18.9 Å². The van der Waals surface area contributed by atoms with Gasteiger partial charge in [0, 0.05) is 19.2 Å². The number of nitrogens with zero attached hydrogens (tertiary/aromatic N) is 5. The number of aryl methyl sites for hydroxylation is 1. The third-order valence-electron chi connectivity index (χ3n) is 3.52. The lowest BCUT2D eigenvalue weighted by Gasteiger charge is -2.15. The van der Waals surface area contributed by atoms with Crippen LogP contribution in [0.3, 0.4) is 0 Å². The molecule has 0 aliphatic heterocycles. The first-order valence-corrected chi connectivity index (χ1v) is 8.69. The Morgan fingerprint density at radius 1 is 1.38 bits per heavy atom. The lowest BCUT2D eigenvalue weighted by Crippen LogP contribution is -2.30. The summed E-state index contributed by atoms with van der Waals surface area (Å²) in [5.41, 5.74) is 1.95. The standard InChI is InChI=1S/C16H20N6OS/c1-3-6-15-19-20-16(24-15)18-14(23)11-21(2)10-12-9-17-13-7-4-5-8-22(12)13/h4-5,7-9H,3,6,10-11H2,1-2H3,(H,18,20,23). The van der Waals surface area contributed by atoms with Gasteiger partial charge in [0.2, 0.25) is 11.0 Å². The Morgan fingerprint density at radius 2 is 2.25 bits per heavy atom. The zero-order valence-electron chi connectivity index (χ0n) is 13.8. The van der Waals surface area contributed by atoms with E-state index >= 15 is 0 Å². The van der Waals surface area contributed by atoms with Crippen LogP contribution in [-0.4, -0.2) is 44.0 Å². The number of hydrogen-bond donors (Lipinski definition) is 1. The first-order valence-electron chi connectivity index (χ1n) is 7.87. The van der Waals surface area contributed by atoms with Crippen molar-refractivity contribution in [2.45, 2.75) is 26.3 Å². The van der Waals surface area contributed by atoms with E-state index in [0.29, 0.717) is 11.7 Å². The number of carbonyl (C=O) groups excluding carboxylic acids is 1. The fourth-order valence-electron chi connectivity index (χ4n) is 2.46. The van der Waals surface area contributed by atoms with Crippen LogP contribution in [0.4, 0.5) is 5.13 Å². The van der Waals surface area contributed by atoms with E-state index in [1.165, 1.54) is 11.3 Å². The third-order valence-corrected chi connectivity index (χ3v) is 4.41. The predicted octanol–water partition coefficient (Wildman–Crippen LogP) is 2.21. The van der Waals surface area contributed by atoms with E-state index in [0.717, 1.165) is 29.2 Å². The van der Waals surface area contributed by atoms with Crippen LogP contribution in [0.25, 0.3) is 5.65 Å². The molecule has 0 fully saturated rings. The van der Waals surface area contributed by atoms with Crippen LogP contribution >= 0.6 is 11.3 Å². The fraction of sp³-hybridized carbons (Fsp3) is 0.375. The van der Waals surface area contributed by atoms with E-state index in [2.05, 4.69) is 27.4 Å². The van der Waals surface area contributed by atoms with Gasteiger partial charge >= 0.3 is 0 Å². The van der Waals surface area contributed by atoms with Gasteiger partial charge in [-0.15, -0.1) is 10.2 Å². The zero-order chi connectivity index (χ0) is 16.9. The minimum absolute atomic E-state index is 0.0921. The number of pyridine rings is 1. The number of fused-ring (bicyclic) bond motifs is 1. The Balaban J connectivity index is 1.55. The van der Waals surface area contributed by atoms with Crippen molar-refractivity contribution in [2.24, 2.45) is 0 Å². The van der Waals surface area contributed by atoms with Crippen molar-refractivity contribution < 1.29 is 4.79 Å². The summed E-state index contributed by atoms with van der Waals surface area (Å²) in [5.74, 6) is -0.0921. The van der Waals surface area contributed by atoms with E-state index in [-0.39, 0.29) is 12.5 Å². The summed E-state index contributed by atoms with van der Waals surface area (Å²) >= 11 is 1.43. The first-order chi connectivity index (χ1) is 11.7. The summed E-state index contributed by atoms with van der Waals surface area (Å²) in [7, 11) is 1.91. The molecule has 3 heterocycles. The second-order valence-corrected chi connectivity index (χ2v) is 6.71. The molecule has 0 unspecified atom stereocenters. The monoisotopic (exact) mass is 344 g/mol. The average molecular weight is 344 g/mol. The van der Waals surface area contributed by atoms with Crippen LogP contribution in [-0.2, 0) is 17.8 Å². The number of aromatic nitrogens is 4. The molecule has 1 amide bonds. The Morgan fingerprint density at radius 3 is 3.08 bits per heavy atom. The van der Waals surface area contributed by atoms with Gasteiger partial charge in [-0.2, -0.15) is 0 Å². The fourth-order valence-corrected chi connectivity index (χ4v) is 3.31. The Labute approximate surface area is 144 Å². The van der Waals surface area contributed by atoms with Crippen molar-refractivity contribution in [3.63, 3.8) is 0 Å². The van der Waals surface area contributed by atoms with Crippen molar-refractivity contribution in [1.29, 1.82) is 0 Å². The van der Waals surface area contributed by atoms with Gasteiger partial charge in [-0.1, -0.05) is 24.3 Å². The van der Waals surface area contributed by atoms with Gasteiger partial charge in [-0.3, -0.25) is 15.0 Å². The van der Waals surface area contributed by atoms with Gasteiger partial charge in [0.05, 0.1) is 18.4 Å². The maximum atomic E-state index is 12.1. The molecule has 1 N–H and O–H groups in total. The van der Waals surface area contributed by atoms with Gasteiger partial charge in [0.25, 0.3) is 0 Å². The van der Waals surface area contributed by atoms with Gasteiger partial charge in [-0.25, -0.2) is 4.98 Å². The maximum absolute atomic E-state index is 12.1. The molecule has 0 spiro atoms. The number of hydrogen-bond acceptors (Lipinski definition) is 6. The van der Waals surface area contributed by atoms with Crippen molar-refractivity contribution >= 4 is 28.0 Å². The summed E-state index contributed by atoms with van der Waals surface area (Å²) in [6.07, 6.45) is 5.72. The third kappa shape index (κ3) is 3.95. The molecule has 3 rings (SSSR count). The number of amides is 1. The quantitative estimate of drug-likeness (QED) is 0.711. The van der Waals surface area contributed by atoms with Crippen LogP contribution < -0.4 is 5.32 Å². The number of imidazole rings is 1. The molecule has 0 saturated heterocycles. The molecule has 0 aliphatic rings. The second kappa shape index (κ2) is 7.50. The Hall–Kier alpha value is -2.32. The van der Waals surface area contributed by atoms with E-state index in [4.69, 9.17) is 0 Å². The summed E-state index contributed by atoms with van der Waals surface area (Å²) < 4.78 is 2.02. The van der Waals surface area contributed by atoms with Gasteiger partial charge in [0.15, 0.2) is 0 Å². The molecule has 126 valence electrons. The smallest absolute Gasteiger partial charge is 0.240 e. The minimum atomic E-state index is -0.0921. The SMILES string of the molecule is CCCc1nnc(NC(=O)CN(C)Cc2cnc3ccccn23)s1. The molecule has 7 nitrogen and oxygen atoms in total. The summed E-state index contributed by atoms with van der Waals surface area (Å²) in [5, 5.41) is 12.4. The van der Waals surface area contributed by atoms with Crippen molar-refractivity contribution in [3.8, 4) is 0 Å². The van der Waals surface area contributed by atoms with Crippen molar-refractivity contribution in [3.05, 3.63) is 41.3 Å². The number of rotatable bonds is 7. The molecular weight excluding hydrogens is 324 g/mol. The largest absolute Gasteiger partial charge is 0.303 e. The normalized spacial score (nSPS) is 11.3. The number of nitrogens with one attached hydrogen (secondary N) is 1. The van der Waals surface area contributed by atoms with Crippen molar-refractivity contribution in [1.82, 2.24) is 24.5 Å². The van der Waals surface area contributed by atoms with Gasteiger partial charge in [-0.05, 0) is 25.6 Å². The molecule has 3 aromatic heterocycles. The highest BCUT2D eigenvalue weighted by Gasteiger charge is 2.12. The van der Waals surface area contributed by atoms with Crippen LogP contribution in [0.2, 0.25) is 0 Å². The molecule has 0 saturated carbocycles. The molecule has 0 bridgehead atoms. The van der Waals surface area contributed by atoms with E-state index in [1.54, 1.807) is 0 Å². The highest BCUT2D eigenvalue weighted by Crippen LogP contribution is 2.16. The average Bonchev–Trinajstić information content (AvgIpc) is 3.15. The number of likely N-dealkylation sites (N-methyl/N-ethyl adjacent to an activating group) is 1. The van der Waals surface area contributed by atoms with Gasteiger partial charge < -0.3 is 4.40 Å². The summed E-state index contributed by atoms with van der Waals surface area (Å²) in [6.45, 7) is 3.01.